The molecule has 1 saturated heterocycles. The van der Waals surface area contributed by atoms with E-state index in [4.69, 9.17) is 15.4 Å². The minimum atomic E-state index is -3.69. The van der Waals surface area contributed by atoms with Gasteiger partial charge in [-0.25, -0.2) is 8.42 Å². The van der Waals surface area contributed by atoms with Gasteiger partial charge in [0.05, 0.1) is 17.6 Å². The number of ether oxygens (including phenoxy) is 1. The van der Waals surface area contributed by atoms with Crippen molar-refractivity contribution in [2.75, 3.05) is 19.7 Å². The molecule has 4 nitrogen and oxygen atoms in total. The van der Waals surface area contributed by atoms with Gasteiger partial charge < -0.3 is 10.1 Å². The second kappa shape index (κ2) is 7.01. The summed E-state index contributed by atoms with van der Waals surface area (Å²) in [6.45, 7) is 2.47. The van der Waals surface area contributed by atoms with Crippen molar-refractivity contribution in [3.8, 4) is 11.1 Å². The molecule has 23 heavy (non-hydrogen) atoms. The highest BCUT2D eigenvalue weighted by molar-refractivity contribution is 8.13. The fourth-order valence-corrected chi connectivity index (χ4v) is 3.54. The third kappa shape index (κ3) is 4.12. The summed E-state index contributed by atoms with van der Waals surface area (Å²) in [5.41, 5.74) is 3.23. The number of hydrogen-bond donors (Lipinski definition) is 1. The van der Waals surface area contributed by atoms with Crippen molar-refractivity contribution in [3.63, 3.8) is 0 Å². The van der Waals surface area contributed by atoms with Crippen LogP contribution in [0.3, 0.4) is 0 Å². The minimum absolute atomic E-state index is 0.111. The van der Waals surface area contributed by atoms with E-state index in [0.29, 0.717) is 0 Å². The normalized spacial score (nSPS) is 18.7. The molecule has 0 bridgehead atoms. The molecule has 1 atom stereocenters. The highest BCUT2D eigenvalue weighted by Gasteiger charge is 2.16. The molecule has 1 fully saturated rings. The number of hydrogen-bond acceptors (Lipinski definition) is 4. The van der Waals surface area contributed by atoms with Crippen LogP contribution >= 0.6 is 10.7 Å². The topological polar surface area (TPSA) is 55.4 Å². The molecule has 2 aromatic carbocycles. The summed E-state index contributed by atoms with van der Waals surface area (Å²) in [7, 11) is 1.68. The van der Waals surface area contributed by atoms with Gasteiger partial charge in [-0.1, -0.05) is 36.4 Å². The Balaban J connectivity index is 1.87. The van der Waals surface area contributed by atoms with Gasteiger partial charge in [0.15, 0.2) is 0 Å². The highest BCUT2D eigenvalue weighted by Crippen LogP contribution is 2.27. The summed E-state index contributed by atoms with van der Waals surface area (Å²) in [5.74, 6) is 0. The van der Waals surface area contributed by atoms with Gasteiger partial charge in [-0.05, 0) is 28.8 Å². The molecule has 0 saturated carbocycles. The van der Waals surface area contributed by atoms with Crippen molar-refractivity contribution >= 4 is 19.7 Å². The van der Waals surface area contributed by atoms with Crippen LogP contribution in [0.1, 0.15) is 5.56 Å². The van der Waals surface area contributed by atoms with Crippen LogP contribution in [0.5, 0.6) is 0 Å². The number of halogens is 1. The van der Waals surface area contributed by atoms with Crippen molar-refractivity contribution in [1.29, 1.82) is 0 Å². The maximum Gasteiger partial charge on any atom is 0.261 e. The van der Waals surface area contributed by atoms with Gasteiger partial charge in [0.2, 0.25) is 0 Å². The van der Waals surface area contributed by atoms with Crippen molar-refractivity contribution in [2.45, 2.75) is 17.4 Å². The average molecular weight is 352 g/mol. The first-order valence-electron chi connectivity index (χ1n) is 7.49. The van der Waals surface area contributed by atoms with E-state index >= 15 is 0 Å². The molecule has 1 aliphatic rings. The quantitative estimate of drug-likeness (QED) is 0.861. The van der Waals surface area contributed by atoms with E-state index in [-0.39, 0.29) is 11.0 Å². The van der Waals surface area contributed by atoms with Crippen LogP contribution in [0, 0.1) is 0 Å². The van der Waals surface area contributed by atoms with E-state index in [0.717, 1.165) is 37.2 Å². The van der Waals surface area contributed by atoms with Crippen LogP contribution in [-0.4, -0.2) is 34.2 Å². The van der Waals surface area contributed by atoms with Crippen molar-refractivity contribution in [1.82, 2.24) is 5.32 Å². The Bertz CT molecular complexity index is 769. The number of morpholine rings is 1. The van der Waals surface area contributed by atoms with Crippen molar-refractivity contribution < 1.29 is 13.2 Å². The zero-order valence-corrected chi connectivity index (χ0v) is 14.1. The third-order valence-corrected chi connectivity index (χ3v) is 5.29. The summed E-state index contributed by atoms with van der Waals surface area (Å²) in [6.07, 6.45) is 0.978. The number of benzene rings is 2. The lowest BCUT2D eigenvalue weighted by Gasteiger charge is -2.24. The van der Waals surface area contributed by atoms with Gasteiger partial charge in [0, 0.05) is 30.2 Å². The fourth-order valence-electron chi connectivity index (χ4n) is 2.77. The van der Waals surface area contributed by atoms with Crippen LogP contribution < -0.4 is 5.32 Å². The van der Waals surface area contributed by atoms with Gasteiger partial charge in [0.1, 0.15) is 0 Å². The molecule has 0 aromatic heterocycles. The lowest BCUT2D eigenvalue weighted by Crippen LogP contribution is -2.39. The Morgan fingerprint density at radius 2 is 1.87 bits per heavy atom. The maximum atomic E-state index is 11.4. The first-order chi connectivity index (χ1) is 11.0. The van der Waals surface area contributed by atoms with E-state index in [2.05, 4.69) is 11.4 Å². The Morgan fingerprint density at radius 3 is 2.52 bits per heavy atom. The first-order valence-corrected chi connectivity index (χ1v) is 9.80. The van der Waals surface area contributed by atoms with E-state index in [9.17, 15) is 8.42 Å². The number of rotatable bonds is 4. The first kappa shape index (κ1) is 16.5. The molecule has 2 aromatic rings. The van der Waals surface area contributed by atoms with Crippen LogP contribution in [-0.2, 0) is 20.2 Å². The van der Waals surface area contributed by atoms with E-state index in [1.54, 1.807) is 12.1 Å². The molecule has 0 aliphatic carbocycles. The standard InChI is InChI=1S/C17H18ClNO3S/c18-23(20,21)16-7-5-13(6-8-16)17-4-2-1-3-14(17)11-15-12-19-9-10-22-15/h1-8,15,19H,9-12H2. The van der Waals surface area contributed by atoms with E-state index < -0.39 is 9.05 Å². The lowest BCUT2D eigenvalue weighted by atomic mass is 9.95. The summed E-state index contributed by atoms with van der Waals surface area (Å²) in [4.78, 5) is 0.111. The molecule has 122 valence electrons. The maximum absolute atomic E-state index is 11.4. The smallest absolute Gasteiger partial charge is 0.261 e. The Morgan fingerprint density at radius 1 is 1.13 bits per heavy atom. The van der Waals surface area contributed by atoms with Gasteiger partial charge in [-0.3, -0.25) is 0 Å². The monoisotopic (exact) mass is 351 g/mol. The number of nitrogens with one attached hydrogen (secondary N) is 1. The lowest BCUT2D eigenvalue weighted by molar-refractivity contribution is 0.0293. The second-order valence-electron chi connectivity index (χ2n) is 5.52. The van der Waals surface area contributed by atoms with Gasteiger partial charge in [-0.2, -0.15) is 0 Å². The molecular formula is C17H18ClNO3S. The Kier molecular flexibility index (Phi) is 5.02. The molecule has 6 heteroatoms. The summed E-state index contributed by atoms with van der Waals surface area (Å²) >= 11 is 0. The van der Waals surface area contributed by atoms with Crippen LogP contribution in [0.15, 0.2) is 53.4 Å². The summed E-state index contributed by atoms with van der Waals surface area (Å²) in [6, 6.07) is 14.7. The highest BCUT2D eigenvalue weighted by atomic mass is 35.7. The van der Waals surface area contributed by atoms with Crippen molar-refractivity contribution in [2.24, 2.45) is 0 Å². The van der Waals surface area contributed by atoms with Gasteiger partial charge in [0.25, 0.3) is 9.05 Å². The second-order valence-corrected chi connectivity index (χ2v) is 8.09. The molecule has 1 heterocycles. The predicted molar refractivity (Wildman–Crippen MR) is 91.2 cm³/mol. The molecule has 1 aliphatic heterocycles. The van der Waals surface area contributed by atoms with E-state index in [1.165, 1.54) is 17.7 Å². The summed E-state index contributed by atoms with van der Waals surface area (Å²) in [5, 5.41) is 3.33. The van der Waals surface area contributed by atoms with E-state index in [1.807, 2.05) is 18.2 Å². The average Bonchev–Trinajstić information content (AvgIpc) is 2.56. The summed E-state index contributed by atoms with van der Waals surface area (Å²) < 4.78 is 28.5. The Hall–Kier alpha value is -1.40. The van der Waals surface area contributed by atoms with Gasteiger partial charge in [-0.15, -0.1) is 0 Å². The van der Waals surface area contributed by atoms with Crippen LogP contribution in [0.2, 0.25) is 0 Å². The largest absolute Gasteiger partial charge is 0.375 e. The third-order valence-electron chi connectivity index (χ3n) is 3.92. The fraction of sp³-hybridized carbons (Fsp3) is 0.294. The molecule has 1 unspecified atom stereocenters. The van der Waals surface area contributed by atoms with Crippen molar-refractivity contribution in [3.05, 3.63) is 54.1 Å². The zero-order valence-electron chi connectivity index (χ0n) is 12.5. The van der Waals surface area contributed by atoms with Crippen LogP contribution in [0.25, 0.3) is 11.1 Å². The Labute approximate surface area is 140 Å². The van der Waals surface area contributed by atoms with Crippen LogP contribution in [0.4, 0.5) is 0 Å². The zero-order chi connectivity index (χ0) is 16.3. The molecule has 0 spiro atoms. The molecular weight excluding hydrogens is 334 g/mol. The van der Waals surface area contributed by atoms with Gasteiger partial charge >= 0.3 is 0 Å². The predicted octanol–water partition coefficient (Wildman–Crippen LogP) is 2.81. The molecule has 3 rings (SSSR count). The SMILES string of the molecule is O=S(=O)(Cl)c1ccc(-c2ccccc2CC2CNCCO2)cc1. The molecule has 0 radical (unpaired) electrons. The molecule has 1 N–H and O–H groups in total. The minimum Gasteiger partial charge on any atom is -0.375 e. The molecule has 0 amide bonds.